The van der Waals surface area contributed by atoms with Crippen LogP contribution in [0, 0.1) is 5.82 Å². The Kier molecular flexibility index (Phi) is 9.93. The van der Waals surface area contributed by atoms with E-state index in [4.69, 9.17) is 47.6 Å². The van der Waals surface area contributed by atoms with Gasteiger partial charge in [-0.2, -0.15) is 0 Å². The Labute approximate surface area is 230 Å². The molecule has 0 bridgehead atoms. The zero-order valence-electron chi connectivity index (χ0n) is 20.1. The molecule has 11 nitrogen and oxygen atoms in total. The Balaban J connectivity index is 1.78. The molecule has 4 N–H and O–H groups in total. The number of halogens is 3. The maximum Gasteiger partial charge on any atom is 0.469 e. The van der Waals surface area contributed by atoms with Crippen molar-refractivity contribution in [3.05, 3.63) is 46.2 Å². The van der Waals surface area contributed by atoms with Crippen LogP contribution in [0.25, 0.3) is 21.1 Å². The van der Waals surface area contributed by atoms with Crippen LogP contribution in [0.1, 0.15) is 20.8 Å². The highest BCUT2D eigenvalue weighted by atomic mass is 35.5. The second-order valence-electron chi connectivity index (χ2n) is 8.15. The third-order valence-corrected chi connectivity index (χ3v) is 7.04. The first kappa shape index (κ1) is 30.0. The van der Waals surface area contributed by atoms with Gasteiger partial charge in [0.1, 0.15) is 22.4 Å². The number of phosphoric acid groups is 1. The number of hydrogen-bond acceptors (Lipinski definition) is 8. The lowest BCUT2D eigenvalue weighted by Gasteiger charge is -2.24. The van der Waals surface area contributed by atoms with E-state index in [1.165, 1.54) is 13.0 Å². The molecular formula is C22H23Cl2FN3O8PS. The molecule has 16 heteroatoms. The summed E-state index contributed by atoms with van der Waals surface area (Å²) in [5, 5.41) is 20.6. The predicted molar refractivity (Wildman–Crippen MR) is 140 cm³/mol. The molecule has 2 atom stereocenters. The quantitative estimate of drug-likeness (QED) is 0.201. The lowest BCUT2D eigenvalue weighted by Crippen LogP contribution is -2.46. The number of ether oxygens (including phenoxy) is 2. The number of rotatable bonds is 11. The van der Waals surface area contributed by atoms with E-state index in [0.717, 1.165) is 17.4 Å². The molecule has 2 aromatic carbocycles. The number of aromatic nitrogens is 2. The maximum atomic E-state index is 14.9. The number of benzene rings is 2. The smallest absolute Gasteiger partial charge is 0.469 e. The van der Waals surface area contributed by atoms with Crippen LogP contribution in [-0.4, -0.2) is 56.0 Å². The maximum absolute atomic E-state index is 14.9. The summed E-state index contributed by atoms with van der Waals surface area (Å²) in [6.07, 6.45) is -2.85. The SMILES string of the molecule is CC(C)Oc1ccc(-c2nnc(-c3cc(F)c(OC[C@@H](NC(=O)O)[C@@H](C)OP(=O)(O)O)cc3Cl)s2)cc1Cl. The van der Waals surface area contributed by atoms with Crippen molar-refractivity contribution in [2.45, 2.75) is 39.0 Å². The van der Waals surface area contributed by atoms with Gasteiger partial charge in [-0.3, -0.25) is 4.52 Å². The van der Waals surface area contributed by atoms with Gasteiger partial charge in [0.15, 0.2) is 11.6 Å². The van der Waals surface area contributed by atoms with Crippen molar-refractivity contribution < 1.29 is 42.6 Å². The van der Waals surface area contributed by atoms with E-state index in [0.29, 0.717) is 26.4 Å². The van der Waals surface area contributed by atoms with Gasteiger partial charge < -0.3 is 29.7 Å². The lowest BCUT2D eigenvalue weighted by atomic mass is 10.2. The molecule has 0 unspecified atom stereocenters. The average molecular weight is 610 g/mol. The van der Waals surface area contributed by atoms with Gasteiger partial charge in [0.05, 0.1) is 28.3 Å². The fourth-order valence-electron chi connectivity index (χ4n) is 3.16. The number of phosphoric ester groups is 1. The molecule has 3 rings (SSSR count). The fourth-order valence-corrected chi connectivity index (χ4v) is 5.13. The van der Waals surface area contributed by atoms with E-state index in [1.54, 1.807) is 18.2 Å². The van der Waals surface area contributed by atoms with Crippen molar-refractivity contribution in [1.82, 2.24) is 15.5 Å². The predicted octanol–water partition coefficient (Wildman–Crippen LogP) is 5.62. The molecule has 0 aliphatic rings. The van der Waals surface area contributed by atoms with Gasteiger partial charge in [0, 0.05) is 17.2 Å². The molecule has 0 aliphatic carbocycles. The Morgan fingerprint density at radius 3 is 2.39 bits per heavy atom. The highest BCUT2D eigenvalue weighted by Crippen LogP contribution is 2.40. The summed E-state index contributed by atoms with van der Waals surface area (Å²) in [7, 11) is -4.91. The van der Waals surface area contributed by atoms with E-state index < -0.39 is 38.5 Å². The summed E-state index contributed by atoms with van der Waals surface area (Å²) in [6.45, 7) is 4.47. The molecule has 38 heavy (non-hydrogen) atoms. The molecule has 206 valence electrons. The number of amides is 1. The molecule has 1 heterocycles. The molecule has 0 saturated heterocycles. The molecule has 0 spiro atoms. The van der Waals surface area contributed by atoms with E-state index in [9.17, 15) is 13.8 Å². The Hall–Kier alpha value is -2.51. The molecular weight excluding hydrogens is 587 g/mol. The van der Waals surface area contributed by atoms with Crippen molar-refractivity contribution in [2.24, 2.45) is 0 Å². The largest absolute Gasteiger partial charge is 0.489 e. The van der Waals surface area contributed by atoms with Crippen molar-refractivity contribution in [3.63, 3.8) is 0 Å². The van der Waals surface area contributed by atoms with Crippen molar-refractivity contribution >= 4 is 48.5 Å². The molecule has 0 saturated carbocycles. The second-order valence-corrected chi connectivity index (χ2v) is 11.1. The normalized spacial score (nSPS) is 13.3. The molecule has 0 radical (unpaired) electrons. The number of hydrogen-bond donors (Lipinski definition) is 4. The minimum Gasteiger partial charge on any atom is -0.489 e. The number of nitrogens with zero attached hydrogens (tertiary/aromatic N) is 2. The Morgan fingerprint density at radius 1 is 1.11 bits per heavy atom. The Morgan fingerprint density at radius 2 is 1.79 bits per heavy atom. The summed E-state index contributed by atoms with van der Waals surface area (Å²) in [5.41, 5.74) is 0.916. The van der Waals surface area contributed by atoms with Gasteiger partial charge in [0.25, 0.3) is 0 Å². The van der Waals surface area contributed by atoms with Gasteiger partial charge in [0.2, 0.25) is 0 Å². The standard InChI is InChI=1S/C22H23Cl2FN3O8PS/c1-10(2)35-18-5-4-12(6-15(18)24)20-27-28-21(38-20)13-7-16(25)19(8-14(13)23)34-9-17(26-22(29)30)11(3)36-37(31,32)33/h4-8,10-11,17,26H,9H2,1-3H3,(H,29,30)(H2,31,32,33)/t11-,17-/m1/s1. The number of carboxylic acid groups (broad SMARTS) is 1. The van der Waals surface area contributed by atoms with Gasteiger partial charge in [-0.15, -0.1) is 10.2 Å². The fraction of sp³-hybridized carbons (Fsp3) is 0.318. The first-order chi connectivity index (χ1) is 17.7. The zero-order valence-corrected chi connectivity index (χ0v) is 23.3. The highest BCUT2D eigenvalue weighted by molar-refractivity contribution is 7.46. The van der Waals surface area contributed by atoms with Gasteiger partial charge >= 0.3 is 13.9 Å². The van der Waals surface area contributed by atoms with Gasteiger partial charge in [-0.25, -0.2) is 13.8 Å². The second kappa shape index (κ2) is 12.6. The monoisotopic (exact) mass is 609 g/mol. The van der Waals surface area contributed by atoms with Gasteiger partial charge in [-0.1, -0.05) is 34.5 Å². The summed E-state index contributed by atoms with van der Waals surface area (Å²) < 4.78 is 41.5. The molecule has 1 amide bonds. The van der Waals surface area contributed by atoms with E-state index in [1.807, 2.05) is 19.2 Å². The zero-order chi connectivity index (χ0) is 28.2. The molecule has 0 fully saturated rings. The summed E-state index contributed by atoms with van der Waals surface area (Å²) in [5.74, 6) is -0.632. The molecule has 1 aromatic heterocycles. The van der Waals surface area contributed by atoms with Crippen molar-refractivity contribution in [1.29, 1.82) is 0 Å². The van der Waals surface area contributed by atoms with E-state index >= 15 is 0 Å². The van der Waals surface area contributed by atoms with Crippen LogP contribution in [0.2, 0.25) is 10.0 Å². The van der Waals surface area contributed by atoms with Gasteiger partial charge in [-0.05, 0) is 45.0 Å². The Bertz CT molecular complexity index is 1360. The van der Waals surface area contributed by atoms with E-state index in [2.05, 4.69) is 14.7 Å². The summed E-state index contributed by atoms with van der Waals surface area (Å²) in [6, 6.07) is 6.19. The molecule has 0 aliphatic heterocycles. The van der Waals surface area contributed by atoms with Crippen LogP contribution < -0.4 is 14.8 Å². The van der Waals surface area contributed by atoms with Crippen molar-refractivity contribution in [3.8, 4) is 32.6 Å². The first-order valence-electron chi connectivity index (χ1n) is 10.9. The van der Waals surface area contributed by atoms with Crippen LogP contribution in [0.5, 0.6) is 11.5 Å². The number of carbonyl (C=O) groups is 1. The third kappa shape index (κ3) is 8.24. The lowest BCUT2D eigenvalue weighted by molar-refractivity contribution is 0.0895. The summed E-state index contributed by atoms with van der Waals surface area (Å²) in [4.78, 5) is 29.0. The average Bonchev–Trinajstić information content (AvgIpc) is 3.28. The van der Waals surface area contributed by atoms with Crippen LogP contribution in [0.4, 0.5) is 9.18 Å². The summed E-state index contributed by atoms with van der Waals surface area (Å²) >= 11 is 13.8. The topological polar surface area (TPSA) is 160 Å². The van der Waals surface area contributed by atoms with Crippen LogP contribution in [0.15, 0.2) is 30.3 Å². The van der Waals surface area contributed by atoms with E-state index in [-0.39, 0.29) is 22.4 Å². The van der Waals surface area contributed by atoms with Crippen LogP contribution in [-0.2, 0) is 9.09 Å². The first-order valence-corrected chi connectivity index (χ1v) is 14.0. The number of nitrogens with one attached hydrogen (secondary N) is 1. The minimum absolute atomic E-state index is 0.0498. The highest BCUT2D eigenvalue weighted by Gasteiger charge is 2.28. The van der Waals surface area contributed by atoms with Crippen LogP contribution in [0.3, 0.4) is 0 Å². The minimum atomic E-state index is -4.91. The van der Waals surface area contributed by atoms with Crippen molar-refractivity contribution in [2.75, 3.05) is 6.61 Å². The van der Waals surface area contributed by atoms with Crippen LogP contribution >= 0.6 is 42.4 Å². The molecule has 3 aromatic rings. The third-order valence-electron chi connectivity index (χ3n) is 4.82.